The second kappa shape index (κ2) is 9.09. The number of carbonyl (C=O) groups excluding carboxylic acids is 1. The van der Waals surface area contributed by atoms with Crippen LogP contribution in [0, 0.1) is 0 Å². The maximum Gasteiger partial charge on any atom is 0.321 e. The maximum atomic E-state index is 12.7. The van der Waals surface area contributed by atoms with Gasteiger partial charge in [0.2, 0.25) is 0 Å². The lowest BCUT2D eigenvalue weighted by atomic mass is 9.89. The van der Waals surface area contributed by atoms with E-state index in [1.54, 1.807) is 0 Å². The summed E-state index contributed by atoms with van der Waals surface area (Å²) in [5.41, 5.74) is 2.12. The largest absolute Gasteiger partial charge is 0.490 e. The van der Waals surface area contributed by atoms with Crippen molar-refractivity contribution in [3.63, 3.8) is 0 Å². The summed E-state index contributed by atoms with van der Waals surface area (Å²) < 4.78 is 6.20. The van der Waals surface area contributed by atoms with Gasteiger partial charge in [0.05, 0.1) is 0 Å². The van der Waals surface area contributed by atoms with Gasteiger partial charge in [0, 0.05) is 35.9 Å². The minimum Gasteiger partial charge on any atom is -0.490 e. The summed E-state index contributed by atoms with van der Waals surface area (Å²) in [6, 6.07) is 17.1. The number of hydrogen-bond donors (Lipinski definition) is 2. The molecular formula is C25H30ClN3O2. The summed E-state index contributed by atoms with van der Waals surface area (Å²) in [5, 5.41) is 7.44. The number of hydrogen-bond acceptors (Lipinski definition) is 3. The number of nitrogens with one attached hydrogen (secondary N) is 2. The Hall–Kier alpha value is -2.24. The number of nitrogens with zero attached hydrogens (tertiary/aromatic N) is 1. The van der Waals surface area contributed by atoms with Crippen molar-refractivity contribution in [2.75, 3.05) is 18.4 Å². The lowest BCUT2D eigenvalue weighted by Crippen LogP contribution is -2.42. The molecule has 2 atom stereocenters. The van der Waals surface area contributed by atoms with E-state index in [4.69, 9.17) is 16.3 Å². The van der Waals surface area contributed by atoms with E-state index in [9.17, 15) is 4.79 Å². The van der Waals surface area contributed by atoms with E-state index in [2.05, 4.69) is 22.8 Å². The summed E-state index contributed by atoms with van der Waals surface area (Å²) >= 11 is 5.99. The fourth-order valence-electron chi connectivity index (χ4n) is 5.26. The highest BCUT2D eigenvalue weighted by molar-refractivity contribution is 6.30. The summed E-state index contributed by atoms with van der Waals surface area (Å²) in [4.78, 5) is 14.6. The fourth-order valence-corrected chi connectivity index (χ4v) is 5.39. The van der Waals surface area contributed by atoms with Crippen molar-refractivity contribution in [3.05, 3.63) is 59.1 Å². The number of carbonyl (C=O) groups is 1. The van der Waals surface area contributed by atoms with Crippen LogP contribution in [0.3, 0.4) is 0 Å². The Labute approximate surface area is 189 Å². The van der Waals surface area contributed by atoms with Crippen LogP contribution in [-0.4, -0.2) is 42.2 Å². The van der Waals surface area contributed by atoms with Gasteiger partial charge in [0.1, 0.15) is 11.9 Å². The molecule has 3 saturated heterocycles. The molecule has 0 radical (unpaired) electrons. The molecule has 2 bridgehead atoms. The minimum atomic E-state index is -0.0295. The first kappa shape index (κ1) is 20.7. The Morgan fingerprint density at radius 3 is 2.23 bits per heavy atom. The number of piperidine rings is 2. The van der Waals surface area contributed by atoms with Crippen LogP contribution in [0.25, 0.3) is 0 Å². The second-order valence-electron chi connectivity index (χ2n) is 9.12. The van der Waals surface area contributed by atoms with Gasteiger partial charge in [-0.25, -0.2) is 4.79 Å². The van der Waals surface area contributed by atoms with E-state index < -0.39 is 0 Å². The maximum absolute atomic E-state index is 12.7. The van der Waals surface area contributed by atoms with Gasteiger partial charge in [-0.2, -0.15) is 0 Å². The Morgan fingerprint density at radius 2 is 1.58 bits per heavy atom. The van der Waals surface area contributed by atoms with Crippen molar-refractivity contribution >= 4 is 23.3 Å². The van der Waals surface area contributed by atoms with Crippen LogP contribution in [-0.2, 0) is 0 Å². The molecule has 2 amide bonds. The average molecular weight is 440 g/mol. The lowest BCUT2D eigenvalue weighted by Gasteiger charge is -2.32. The fraction of sp³-hybridized carbons (Fsp3) is 0.480. The van der Waals surface area contributed by atoms with E-state index in [1.807, 2.05) is 41.3 Å². The monoisotopic (exact) mass is 439 g/mol. The van der Waals surface area contributed by atoms with Gasteiger partial charge >= 0.3 is 6.03 Å². The van der Waals surface area contributed by atoms with Crippen molar-refractivity contribution in [1.82, 2.24) is 10.2 Å². The van der Waals surface area contributed by atoms with Gasteiger partial charge in [-0.1, -0.05) is 23.7 Å². The Balaban J connectivity index is 1.10. The number of benzene rings is 2. The molecule has 0 spiro atoms. The van der Waals surface area contributed by atoms with Crippen LogP contribution in [0.5, 0.6) is 5.75 Å². The first-order valence-electron chi connectivity index (χ1n) is 11.5. The molecule has 5 rings (SSSR count). The molecule has 3 heterocycles. The molecule has 3 fully saturated rings. The van der Waals surface area contributed by atoms with E-state index in [0.717, 1.165) is 55.2 Å². The van der Waals surface area contributed by atoms with E-state index in [-0.39, 0.29) is 6.03 Å². The standard InChI is InChI=1S/C25H30ClN3O2/c26-19-3-1-17(2-4-19)18-11-13-29(14-12-18)25(30)28-20-7-9-23(10-8-20)31-24-15-21-5-6-22(16-24)27-21/h1-4,7-10,18,21-22,24,27H,5-6,11-16H2,(H,28,30)/t21-,22-/m0/s1. The number of urea groups is 1. The Bertz CT molecular complexity index is 882. The van der Waals surface area contributed by atoms with Gasteiger partial charge in [-0.15, -0.1) is 0 Å². The molecule has 0 unspecified atom stereocenters. The lowest BCUT2D eigenvalue weighted by molar-refractivity contribution is 0.137. The van der Waals surface area contributed by atoms with E-state index >= 15 is 0 Å². The molecule has 3 aliphatic heterocycles. The Morgan fingerprint density at radius 1 is 0.935 bits per heavy atom. The SMILES string of the molecule is O=C(Nc1ccc(OC2C[C@@H]3CC[C@@H](C2)N3)cc1)N1CCC(c2ccc(Cl)cc2)CC1. The zero-order valence-corrected chi connectivity index (χ0v) is 18.5. The molecule has 164 valence electrons. The molecule has 2 aromatic rings. The number of rotatable bonds is 4. The predicted molar refractivity (Wildman–Crippen MR) is 124 cm³/mol. The molecule has 6 heteroatoms. The summed E-state index contributed by atoms with van der Waals surface area (Å²) in [7, 11) is 0. The summed E-state index contributed by atoms with van der Waals surface area (Å²) in [5.74, 6) is 1.37. The van der Waals surface area contributed by atoms with Crippen LogP contribution >= 0.6 is 11.6 Å². The third-order valence-corrected chi connectivity index (χ3v) is 7.21. The normalized spacial score (nSPS) is 26.0. The number of fused-ring (bicyclic) bond motifs is 2. The van der Waals surface area contributed by atoms with Crippen molar-refractivity contribution in [2.24, 2.45) is 0 Å². The van der Waals surface area contributed by atoms with Gasteiger partial charge in [0.15, 0.2) is 0 Å². The number of amides is 2. The quantitative estimate of drug-likeness (QED) is 0.669. The molecule has 2 N–H and O–H groups in total. The first-order valence-corrected chi connectivity index (χ1v) is 11.8. The van der Waals surface area contributed by atoms with Gasteiger partial charge in [0.25, 0.3) is 0 Å². The van der Waals surface area contributed by atoms with Crippen molar-refractivity contribution in [1.29, 1.82) is 0 Å². The van der Waals surface area contributed by atoms with Crippen molar-refractivity contribution in [3.8, 4) is 5.75 Å². The van der Waals surface area contributed by atoms with Crippen LogP contribution in [0.15, 0.2) is 48.5 Å². The number of likely N-dealkylation sites (tertiary alicyclic amines) is 1. The van der Waals surface area contributed by atoms with Crippen molar-refractivity contribution in [2.45, 2.75) is 62.6 Å². The first-order chi connectivity index (χ1) is 15.1. The van der Waals surface area contributed by atoms with Crippen LogP contribution < -0.4 is 15.4 Å². The third-order valence-electron chi connectivity index (χ3n) is 6.96. The molecule has 0 aromatic heterocycles. The molecular weight excluding hydrogens is 410 g/mol. The minimum absolute atomic E-state index is 0.0295. The predicted octanol–water partition coefficient (Wildman–Crippen LogP) is 5.41. The number of anilines is 1. The Kier molecular flexibility index (Phi) is 6.06. The van der Waals surface area contributed by atoms with E-state index in [1.165, 1.54) is 18.4 Å². The van der Waals surface area contributed by atoms with Gasteiger partial charge < -0.3 is 20.3 Å². The smallest absolute Gasteiger partial charge is 0.321 e. The zero-order chi connectivity index (χ0) is 21.2. The van der Waals surface area contributed by atoms with Crippen LogP contribution in [0.2, 0.25) is 5.02 Å². The van der Waals surface area contributed by atoms with Gasteiger partial charge in [-0.05, 0) is 86.4 Å². The molecule has 5 nitrogen and oxygen atoms in total. The third kappa shape index (κ3) is 4.99. The summed E-state index contributed by atoms with van der Waals surface area (Å²) in [6.07, 6.45) is 6.95. The van der Waals surface area contributed by atoms with E-state index in [0.29, 0.717) is 24.1 Å². The van der Waals surface area contributed by atoms with Gasteiger partial charge in [-0.3, -0.25) is 0 Å². The van der Waals surface area contributed by atoms with Crippen molar-refractivity contribution < 1.29 is 9.53 Å². The summed E-state index contributed by atoms with van der Waals surface area (Å²) in [6.45, 7) is 1.52. The highest BCUT2D eigenvalue weighted by Crippen LogP contribution is 2.31. The highest BCUT2D eigenvalue weighted by Gasteiger charge is 2.34. The number of halogens is 1. The van der Waals surface area contributed by atoms with Crippen LogP contribution in [0.1, 0.15) is 50.0 Å². The molecule has 0 saturated carbocycles. The zero-order valence-electron chi connectivity index (χ0n) is 17.7. The number of ether oxygens (including phenoxy) is 1. The van der Waals surface area contributed by atoms with Crippen LogP contribution in [0.4, 0.5) is 10.5 Å². The molecule has 31 heavy (non-hydrogen) atoms. The molecule has 0 aliphatic carbocycles. The highest BCUT2D eigenvalue weighted by atomic mass is 35.5. The molecule has 3 aliphatic rings. The average Bonchev–Trinajstić information content (AvgIpc) is 3.13. The topological polar surface area (TPSA) is 53.6 Å². The second-order valence-corrected chi connectivity index (χ2v) is 9.55. The molecule has 2 aromatic carbocycles.